The maximum Gasteiger partial charge on any atom is 0.280 e. The molecule has 0 aliphatic heterocycles. The Hall–Kier alpha value is -2.45. The molecule has 2 heterocycles. The summed E-state index contributed by atoms with van der Waals surface area (Å²) in [5, 5.41) is 5.15. The van der Waals surface area contributed by atoms with Crippen LogP contribution >= 0.6 is 11.3 Å². The molecule has 3 aromatic rings. The minimum absolute atomic E-state index is 0.118. The minimum atomic E-state index is -0.118. The zero-order valence-corrected chi connectivity index (χ0v) is 18.6. The smallest absolute Gasteiger partial charge is 0.280 e. The number of amides is 1. The standard InChI is InChI=1S/C21H29N5O2S/c1-6-28-16-8-9-17-19(14-16)29-21(22-17)25(12-7-11-24(4)5)20(27)18-10-13-26(23-18)15(2)3/h8-10,13-15H,6-7,11-12H2,1-5H3. The maximum absolute atomic E-state index is 13.3. The van der Waals surface area contributed by atoms with Crippen LogP contribution in [0, 0.1) is 0 Å². The molecule has 0 radical (unpaired) electrons. The molecule has 29 heavy (non-hydrogen) atoms. The van der Waals surface area contributed by atoms with Crippen LogP contribution in [0.2, 0.25) is 0 Å². The largest absolute Gasteiger partial charge is 0.494 e. The monoisotopic (exact) mass is 415 g/mol. The van der Waals surface area contributed by atoms with E-state index in [1.807, 2.05) is 59.3 Å². The summed E-state index contributed by atoms with van der Waals surface area (Å²) in [5.74, 6) is 0.698. The average Bonchev–Trinajstić information content (AvgIpc) is 3.31. The predicted molar refractivity (Wildman–Crippen MR) is 118 cm³/mol. The molecule has 3 rings (SSSR count). The normalized spacial score (nSPS) is 11.6. The second-order valence-electron chi connectivity index (χ2n) is 7.45. The number of fused-ring (bicyclic) bond motifs is 1. The minimum Gasteiger partial charge on any atom is -0.494 e. The lowest BCUT2D eigenvalue weighted by molar-refractivity contribution is 0.0980. The Morgan fingerprint density at radius 2 is 2.03 bits per heavy atom. The molecule has 156 valence electrons. The number of aromatic nitrogens is 3. The van der Waals surface area contributed by atoms with E-state index in [0.29, 0.717) is 24.0 Å². The van der Waals surface area contributed by atoms with Gasteiger partial charge in [0.25, 0.3) is 5.91 Å². The van der Waals surface area contributed by atoms with Crippen molar-refractivity contribution in [2.24, 2.45) is 0 Å². The van der Waals surface area contributed by atoms with E-state index in [4.69, 9.17) is 9.72 Å². The third-order valence-electron chi connectivity index (χ3n) is 4.48. The highest BCUT2D eigenvalue weighted by atomic mass is 32.1. The highest BCUT2D eigenvalue weighted by Gasteiger charge is 2.23. The SMILES string of the molecule is CCOc1ccc2nc(N(CCCN(C)C)C(=O)c3ccn(C(C)C)n3)sc2c1. The first-order chi connectivity index (χ1) is 13.9. The summed E-state index contributed by atoms with van der Waals surface area (Å²) >= 11 is 1.51. The van der Waals surface area contributed by atoms with Gasteiger partial charge in [0.15, 0.2) is 10.8 Å². The van der Waals surface area contributed by atoms with Crippen molar-refractivity contribution in [3.05, 3.63) is 36.2 Å². The average molecular weight is 416 g/mol. The number of benzene rings is 1. The van der Waals surface area contributed by atoms with E-state index in [2.05, 4.69) is 10.00 Å². The molecule has 0 saturated heterocycles. The van der Waals surface area contributed by atoms with Crippen molar-refractivity contribution in [3.63, 3.8) is 0 Å². The number of hydrogen-bond donors (Lipinski definition) is 0. The van der Waals surface area contributed by atoms with Crippen molar-refractivity contribution in [1.82, 2.24) is 19.7 Å². The Labute approximate surface area is 175 Å². The van der Waals surface area contributed by atoms with Crippen molar-refractivity contribution in [3.8, 4) is 5.75 Å². The van der Waals surface area contributed by atoms with Gasteiger partial charge in [-0.3, -0.25) is 14.4 Å². The van der Waals surface area contributed by atoms with Gasteiger partial charge >= 0.3 is 0 Å². The second-order valence-corrected chi connectivity index (χ2v) is 8.46. The van der Waals surface area contributed by atoms with Crippen LogP contribution in [0.4, 0.5) is 5.13 Å². The fraction of sp³-hybridized carbons (Fsp3) is 0.476. The fourth-order valence-electron chi connectivity index (χ4n) is 2.97. The first kappa shape index (κ1) is 21.3. The Bertz CT molecular complexity index is 963. The van der Waals surface area contributed by atoms with Crippen LogP contribution < -0.4 is 9.64 Å². The first-order valence-electron chi connectivity index (χ1n) is 9.94. The van der Waals surface area contributed by atoms with E-state index in [1.165, 1.54) is 11.3 Å². The molecular weight excluding hydrogens is 386 g/mol. The van der Waals surface area contributed by atoms with Crippen molar-refractivity contribution in [2.45, 2.75) is 33.2 Å². The Morgan fingerprint density at radius 3 is 2.69 bits per heavy atom. The van der Waals surface area contributed by atoms with Gasteiger partial charge in [-0.05, 0) is 72.1 Å². The van der Waals surface area contributed by atoms with Gasteiger partial charge in [0, 0.05) is 18.8 Å². The summed E-state index contributed by atoms with van der Waals surface area (Å²) in [6, 6.07) is 7.82. The molecular formula is C21H29N5O2S. The topological polar surface area (TPSA) is 63.5 Å². The number of carbonyl (C=O) groups excluding carboxylic acids is 1. The summed E-state index contributed by atoms with van der Waals surface area (Å²) in [7, 11) is 4.06. The molecule has 0 spiro atoms. The predicted octanol–water partition coefficient (Wildman–Crippen LogP) is 4.07. The third-order valence-corrected chi connectivity index (χ3v) is 5.52. The fourth-order valence-corrected chi connectivity index (χ4v) is 3.99. The molecule has 0 aliphatic carbocycles. The molecule has 0 fully saturated rings. The molecule has 0 bridgehead atoms. The Kier molecular flexibility index (Phi) is 6.87. The highest BCUT2D eigenvalue weighted by molar-refractivity contribution is 7.22. The van der Waals surface area contributed by atoms with Gasteiger partial charge in [-0.2, -0.15) is 5.10 Å². The molecule has 1 aromatic carbocycles. The van der Waals surface area contributed by atoms with E-state index in [-0.39, 0.29) is 11.9 Å². The zero-order chi connectivity index (χ0) is 21.0. The van der Waals surface area contributed by atoms with Crippen LogP contribution in [-0.2, 0) is 0 Å². The number of anilines is 1. The molecule has 7 nitrogen and oxygen atoms in total. The number of rotatable bonds is 9. The summed E-state index contributed by atoms with van der Waals surface area (Å²) in [4.78, 5) is 21.9. The van der Waals surface area contributed by atoms with Gasteiger partial charge < -0.3 is 9.64 Å². The molecule has 0 unspecified atom stereocenters. The maximum atomic E-state index is 13.3. The van der Waals surface area contributed by atoms with Crippen LogP contribution in [-0.4, -0.2) is 59.4 Å². The van der Waals surface area contributed by atoms with Gasteiger partial charge in [0.2, 0.25) is 0 Å². The zero-order valence-electron chi connectivity index (χ0n) is 17.8. The third kappa shape index (κ3) is 5.13. The van der Waals surface area contributed by atoms with Crippen LogP contribution in [0.25, 0.3) is 10.2 Å². The number of nitrogens with zero attached hydrogens (tertiary/aromatic N) is 5. The Morgan fingerprint density at radius 1 is 1.24 bits per heavy atom. The molecule has 8 heteroatoms. The van der Waals surface area contributed by atoms with Gasteiger partial charge in [0.1, 0.15) is 5.75 Å². The Balaban J connectivity index is 1.91. The molecule has 0 saturated carbocycles. The van der Waals surface area contributed by atoms with Gasteiger partial charge in [0.05, 0.1) is 16.8 Å². The molecule has 0 aliphatic rings. The van der Waals surface area contributed by atoms with Crippen molar-refractivity contribution in [1.29, 1.82) is 0 Å². The molecule has 0 atom stereocenters. The molecule has 2 aromatic heterocycles. The number of ether oxygens (including phenoxy) is 1. The van der Waals surface area contributed by atoms with E-state index >= 15 is 0 Å². The van der Waals surface area contributed by atoms with Gasteiger partial charge in [-0.1, -0.05) is 11.3 Å². The lowest BCUT2D eigenvalue weighted by Crippen LogP contribution is -2.33. The van der Waals surface area contributed by atoms with Crippen LogP contribution in [0.1, 0.15) is 43.7 Å². The van der Waals surface area contributed by atoms with E-state index in [1.54, 1.807) is 15.6 Å². The van der Waals surface area contributed by atoms with Gasteiger partial charge in [-0.25, -0.2) is 4.98 Å². The van der Waals surface area contributed by atoms with Crippen LogP contribution in [0.15, 0.2) is 30.5 Å². The molecule has 0 N–H and O–H groups in total. The van der Waals surface area contributed by atoms with E-state index < -0.39 is 0 Å². The van der Waals surface area contributed by atoms with Crippen LogP contribution in [0.3, 0.4) is 0 Å². The van der Waals surface area contributed by atoms with Crippen molar-refractivity contribution in [2.75, 3.05) is 38.7 Å². The molecule has 1 amide bonds. The van der Waals surface area contributed by atoms with Gasteiger partial charge in [-0.15, -0.1) is 0 Å². The van der Waals surface area contributed by atoms with Crippen LogP contribution in [0.5, 0.6) is 5.75 Å². The van der Waals surface area contributed by atoms with Crippen molar-refractivity contribution >= 4 is 32.6 Å². The summed E-state index contributed by atoms with van der Waals surface area (Å²) in [6.45, 7) is 8.14. The summed E-state index contributed by atoms with van der Waals surface area (Å²) in [5.41, 5.74) is 1.31. The first-order valence-corrected chi connectivity index (χ1v) is 10.8. The summed E-state index contributed by atoms with van der Waals surface area (Å²) < 4.78 is 8.40. The number of thiazole rings is 1. The summed E-state index contributed by atoms with van der Waals surface area (Å²) in [6.07, 6.45) is 2.70. The quantitative estimate of drug-likeness (QED) is 0.527. The number of hydrogen-bond acceptors (Lipinski definition) is 6. The highest BCUT2D eigenvalue weighted by Crippen LogP contribution is 2.32. The van der Waals surface area contributed by atoms with E-state index in [9.17, 15) is 4.79 Å². The lowest BCUT2D eigenvalue weighted by atomic mass is 10.3. The van der Waals surface area contributed by atoms with Crippen molar-refractivity contribution < 1.29 is 9.53 Å². The second kappa shape index (κ2) is 9.37. The number of carbonyl (C=O) groups is 1. The van der Waals surface area contributed by atoms with E-state index in [0.717, 1.165) is 28.9 Å². The lowest BCUT2D eigenvalue weighted by Gasteiger charge is -2.20.